The Kier molecular flexibility index (Phi) is 23.6. The van der Waals surface area contributed by atoms with Gasteiger partial charge in [-0.15, -0.1) is 0 Å². The fourth-order valence-corrected chi connectivity index (χ4v) is 5.67. The molecule has 2 aromatic rings. The second kappa shape index (κ2) is 22.4. The summed E-state index contributed by atoms with van der Waals surface area (Å²) in [5.41, 5.74) is -0.529. The summed E-state index contributed by atoms with van der Waals surface area (Å²) < 4.78 is 41.7. The molecule has 41 heavy (non-hydrogen) atoms. The monoisotopic (exact) mass is 615 g/mol. The zero-order valence-electron chi connectivity index (χ0n) is 26.3. The van der Waals surface area contributed by atoms with Gasteiger partial charge >= 0.3 is 15.1 Å². The molecule has 0 amide bonds. The van der Waals surface area contributed by atoms with Gasteiger partial charge in [-0.2, -0.15) is 0 Å². The standard InChI is InChI=1S/C13H20NO3P.C13H19O4P.2C2H6.CH4/c1-10(2)18(16,14-11(3)12(4)15)17-13-8-6-5-7-9-13;1-10(2)18(15,16-12(4)11(3)14)17-13-8-6-5-7-9-13;2*1-2;/h5-11H,1-4H3,(H,14,16);5-10,12H,1-4H3;2*1-2H3;1H4. The van der Waals surface area contributed by atoms with Crippen molar-refractivity contribution in [3.8, 4) is 11.5 Å². The van der Waals surface area contributed by atoms with E-state index in [0.717, 1.165) is 0 Å². The Labute approximate surface area is 250 Å². The molecule has 0 fully saturated rings. The highest BCUT2D eigenvalue weighted by atomic mass is 31.2. The zero-order valence-corrected chi connectivity index (χ0v) is 28.1. The molecule has 236 valence electrons. The lowest BCUT2D eigenvalue weighted by molar-refractivity contribution is -0.123. The van der Waals surface area contributed by atoms with Crippen molar-refractivity contribution in [2.45, 2.75) is 114 Å². The Bertz CT molecular complexity index is 975. The first-order valence-corrected chi connectivity index (χ1v) is 17.2. The summed E-state index contributed by atoms with van der Waals surface area (Å²) in [5, 5.41) is 2.82. The largest absolute Gasteiger partial charge is 0.432 e. The second-order valence-corrected chi connectivity index (χ2v) is 14.1. The van der Waals surface area contributed by atoms with E-state index in [1.807, 2.05) is 65.8 Å². The second-order valence-electron chi connectivity index (χ2n) is 8.95. The van der Waals surface area contributed by atoms with Gasteiger partial charge in [0.1, 0.15) is 23.4 Å². The first kappa shape index (κ1) is 43.2. The lowest BCUT2D eigenvalue weighted by Crippen LogP contribution is -2.33. The van der Waals surface area contributed by atoms with Crippen molar-refractivity contribution in [1.29, 1.82) is 0 Å². The number of ketones is 2. The molecule has 1 N–H and O–H groups in total. The number of hydrogen-bond acceptors (Lipinski definition) is 7. The normalized spacial score (nSPS) is 14.4. The summed E-state index contributed by atoms with van der Waals surface area (Å²) in [6, 6.07) is 17.3. The van der Waals surface area contributed by atoms with Crippen LogP contribution in [0.3, 0.4) is 0 Å². The van der Waals surface area contributed by atoms with E-state index in [2.05, 4.69) is 5.09 Å². The Hall–Kier alpha value is -2.24. The van der Waals surface area contributed by atoms with Crippen molar-refractivity contribution in [1.82, 2.24) is 5.09 Å². The van der Waals surface area contributed by atoms with Crippen LogP contribution in [-0.4, -0.2) is 35.0 Å². The molecule has 2 aromatic carbocycles. The Morgan fingerprint density at radius 3 is 1.37 bits per heavy atom. The van der Waals surface area contributed by atoms with Crippen LogP contribution in [-0.2, 0) is 23.2 Å². The summed E-state index contributed by atoms with van der Waals surface area (Å²) in [6.45, 7) is 21.2. The highest BCUT2D eigenvalue weighted by Crippen LogP contribution is 2.53. The van der Waals surface area contributed by atoms with Gasteiger partial charge in [0.25, 0.3) is 0 Å². The first-order valence-electron chi connectivity index (χ1n) is 13.9. The number of rotatable bonds is 12. The molecule has 0 saturated carbocycles. The first-order chi connectivity index (χ1) is 18.7. The maximum absolute atomic E-state index is 12.7. The number of Topliss-reactive ketones (excluding diaryl/α,β-unsaturated/α-hetero) is 2. The number of nitrogens with one attached hydrogen (secondary N) is 1. The third-order valence-electron chi connectivity index (χ3n) is 5.13. The SMILES string of the molecule is C.CC.CC.CC(=O)C(C)NP(=O)(Oc1ccccc1)C(C)C.CC(=O)C(C)OP(=O)(Oc1ccccc1)C(C)C. The molecule has 0 aromatic heterocycles. The Morgan fingerprint density at radius 2 is 1.05 bits per heavy atom. The van der Waals surface area contributed by atoms with E-state index in [-0.39, 0.29) is 30.3 Å². The van der Waals surface area contributed by atoms with Crippen molar-refractivity contribution < 1.29 is 32.3 Å². The van der Waals surface area contributed by atoms with Crippen LogP contribution in [0.1, 0.15) is 90.5 Å². The van der Waals surface area contributed by atoms with Crippen molar-refractivity contribution in [2.24, 2.45) is 0 Å². The molecule has 0 radical (unpaired) electrons. The summed E-state index contributed by atoms with van der Waals surface area (Å²) >= 11 is 0. The molecule has 0 spiro atoms. The van der Waals surface area contributed by atoms with Gasteiger partial charge in [-0.1, -0.05) is 99.2 Å². The van der Waals surface area contributed by atoms with Gasteiger partial charge in [0, 0.05) is 0 Å². The highest BCUT2D eigenvalue weighted by molar-refractivity contribution is 7.58. The number of para-hydroxylation sites is 2. The molecule has 0 heterocycles. The molecule has 10 heteroatoms. The van der Waals surface area contributed by atoms with Gasteiger partial charge in [0.05, 0.1) is 17.4 Å². The third kappa shape index (κ3) is 16.7. The van der Waals surface area contributed by atoms with Crippen molar-refractivity contribution in [3.63, 3.8) is 0 Å². The number of carbonyl (C=O) groups excluding carboxylic acids is 2. The minimum absolute atomic E-state index is 0. The zero-order chi connectivity index (χ0) is 31.5. The molecule has 2 rings (SSSR count). The fourth-order valence-electron chi connectivity index (χ4n) is 2.45. The molecule has 0 aliphatic carbocycles. The number of hydrogen-bond donors (Lipinski definition) is 1. The van der Waals surface area contributed by atoms with Crippen LogP contribution < -0.4 is 14.1 Å². The van der Waals surface area contributed by atoms with Crippen molar-refractivity contribution >= 4 is 26.7 Å². The molecule has 0 aliphatic heterocycles. The van der Waals surface area contributed by atoms with E-state index < -0.39 is 27.3 Å². The van der Waals surface area contributed by atoms with Crippen LogP contribution >= 0.6 is 15.1 Å². The van der Waals surface area contributed by atoms with E-state index >= 15 is 0 Å². The predicted octanol–water partition coefficient (Wildman–Crippen LogP) is 9.58. The topological polar surface area (TPSA) is 108 Å². The average molecular weight is 616 g/mol. The van der Waals surface area contributed by atoms with Gasteiger partial charge in [0.2, 0.25) is 0 Å². The van der Waals surface area contributed by atoms with E-state index in [9.17, 15) is 18.7 Å². The van der Waals surface area contributed by atoms with Gasteiger partial charge < -0.3 is 9.05 Å². The maximum atomic E-state index is 12.7. The lowest BCUT2D eigenvalue weighted by atomic mass is 10.3. The third-order valence-corrected chi connectivity index (χ3v) is 10.1. The highest BCUT2D eigenvalue weighted by Gasteiger charge is 2.34. The van der Waals surface area contributed by atoms with E-state index in [1.54, 1.807) is 64.1 Å². The van der Waals surface area contributed by atoms with Crippen molar-refractivity contribution in [3.05, 3.63) is 60.7 Å². The average Bonchev–Trinajstić information content (AvgIpc) is 2.92. The molecule has 0 aliphatic rings. The number of benzene rings is 2. The smallest absolute Gasteiger partial charge is 0.382 e. The number of carbonyl (C=O) groups is 2. The molecule has 0 bridgehead atoms. The lowest BCUT2D eigenvalue weighted by Gasteiger charge is -2.26. The molecule has 4 atom stereocenters. The van der Waals surface area contributed by atoms with Gasteiger partial charge in [-0.05, 0) is 52.0 Å². The van der Waals surface area contributed by atoms with Crippen LogP contribution in [0.15, 0.2) is 60.7 Å². The fraction of sp³-hybridized carbons (Fsp3) is 0.548. The van der Waals surface area contributed by atoms with Crippen LogP contribution in [0.5, 0.6) is 11.5 Å². The van der Waals surface area contributed by atoms with E-state index in [4.69, 9.17) is 13.6 Å². The molecular formula is C31H55NO7P2. The van der Waals surface area contributed by atoms with E-state index in [1.165, 1.54) is 13.8 Å². The van der Waals surface area contributed by atoms with Crippen molar-refractivity contribution in [2.75, 3.05) is 0 Å². The van der Waals surface area contributed by atoms with E-state index in [0.29, 0.717) is 11.5 Å². The van der Waals surface area contributed by atoms with Crippen LogP contribution in [0, 0.1) is 0 Å². The Balaban J connectivity index is -0.000000614. The van der Waals surface area contributed by atoms with Crippen LogP contribution in [0.25, 0.3) is 0 Å². The molecule has 4 unspecified atom stereocenters. The van der Waals surface area contributed by atoms with Crippen LogP contribution in [0.4, 0.5) is 0 Å². The minimum atomic E-state index is -3.34. The van der Waals surface area contributed by atoms with Gasteiger partial charge in [-0.3, -0.25) is 18.7 Å². The summed E-state index contributed by atoms with van der Waals surface area (Å²) in [5.74, 6) is 0.781. The minimum Gasteiger partial charge on any atom is -0.432 e. The molecule has 0 saturated heterocycles. The molecular weight excluding hydrogens is 560 g/mol. The van der Waals surface area contributed by atoms with Crippen LogP contribution in [0.2, 0.25) is 0 Å². The summed E-state index contributed by atoms with van der Waals surface area (Å²) in [4.78, 5) is 22.5. The maximum Gasteiger partial charge on any atom is 0.382 e. The Morgan fingerprint density at radius 1 is 0.659 bits per heavy atom. The predicted molar refractivity (Wildman–Crippen MR) is 174 cm³/mol. The summed E-state index contributed by atoms with van der Waals surface area (Å²) in [7, 11) is -6.44. The van der Waals surface area contributed by atoms with Gasteiger partial charge in [0.15, 0.2) is 5.78 Å². The molecule has 8 nitrogen and oxygen atoms in total. The van der Waals surface area contributed by atoms with Gasteiger partial charge in [-0.25, -0.2) is 9.65 Å². The quantitative estimate of drug-likeness (QED) is 0.235. The summed E-state index contributed by atoms with van der Waals surface area (Å²) in [6.07, 6.45) is -0.734.